The first-order chi connectivity index (χ1) is 12.1. The number of nitrogens with one attached hydrogen (secondary N) is 1. The van der Waals surface area contributed by atoms with Crippen molar-refractivity contribution in [1.29, 1.82) is 0 Å². The fourth-order valence-electron chi connectivity index (χ4n) is 3.59. The summed E-state index contributed by atoms with van der Waals surface area (Å²) in [4.78, 5) is 0. The molecule has 4 rings (SSSR count). The summed E-state index contributed by atoms with van der Waals surface area (Å²) in [5.41, 5.74) is 11.8. The second-order valence-corrected chi connectivity index (χ2v) is 7.29. The van der Waals surface area contributed by atoms with E-state index in [9.17, 15) is 0 Å². The van der Waals surface area contributed by atoms with Crippen LogP contribution in [-0.4, -0.2) is 18.1 Å². The van der Waals surface area contributed by atoms with E-state index in [1.54, 1.807) is 0 Å². The zero-order valence-corrected chi connectivity index (χ0v) is 15.1. The lowest BCUT2D eigenvalue weighted by Gasteiger charge is -2.22. The Bertz CT molecular complexity index is 911. The van der Waals surface area contributed by atoms with Gasteiger partial charge in [-0.1, -0.05) is 54.6 Å². The highest BCUT2D eigenvalue weighted by Crippen LogP contribution is 2.42. The molecule has 25 heavy (non-hydrogen) atoms. The topological polar surface area (TPSA) is 47.3 Å². The molecule has 4 heteroatoms. The van der Waals surface area contributed by atoms with Gasteiger partial charge in [0.1, 0.15) is 6.23 Å². The van der Waals surface area contributed by atoms with Crippen molar-refractivity contribution >= 4 is 34.8 Å². The minimum absolute atomic E-state index is 0.0461. The summed E-state index contributed by atoms with van der Waals surface area (Å²) >= 11 is 4.51. The Morgan fingerprint density at radius 2 is 1.72 bits per heavy atom. The van der Waals surface area contributed by atoms with Crippen LogP contribution in [0.15, 0.2) is 54.6 Å². The number of nitrogen functional groups attached to an aromatic ring is 1. The molecule has 1 heterocycles. The molecule has 3 aromatic carbocycles. The maximum Gasteiger partial charge on any atom is 0.128 e. The van der Waals surface area contributed by atoms with Crippen LogP contribution in [0.1, 0.15) is 12.0 Å². The van der Waals surface area contributed by atoms with Crippen LogP contribution < -0.4 is 11.1 Å². The molecule has 3 nitrogen and oxygen atoms in total. The normalized spacial score (nSPS) is 20.1. The maximum atomic E-state index is 6.56. The van der Waals surface area contributed by atoms with E-state index >= 15 is 0 Å². The Morgan fingerprint density at radius 1 is 1.04 bits per heavy atom. The van der Waals surface area contributed by atoms with Gasteiger partial charge in [0.05, 0.1) is 18.0 Å². The quantitative estimate of drug-likeness (QED) is 0.467. The predicted octanol–water partition coefficient (Wildman–Crippen LogP) is 4.85. The van der Waals surface area contributed by atoms with Crippen molar-refractivity contribution in [3.8, 4) is 11.1 Å². The maximum absolute atomic E-state index is 6.56. The largest absolute Gasteiger partial charge is 0.397 e. The van der Waals surface area contributed by atoms with Crippen LogP contribution in [0.4, 0.5) is 11.4 Å². The number of fused-ring (bicyclic) bond motifs is 1. The summed E-state index contributed by atoms with van der Waals surface area (Å²) in [5, 5.41) is 6.10. The SMILES string of the molecule is Cc1c(N)c(NC2CC(S)CO2)c2ccccc2c1-c1ccccc1. The molecule has 0 saturated carbocycles. The summed E-state index contributed by atoms with van der Waals surface area (Å²) in [5.74, 6) is 0. The average molecular weight is 350 g/mol. The number of hydrogen-bond donors (Lipinski definition) is 3. The Morgan fingerprint density at radius 3 is 2.40 bits per heavy atom. The van der Waals surface area contributed by atoms with Gasteiger partial charge < -0.3 is 15.8 Å². The molecular weight excluding hydrogens is 328 g/mol. The van der Waals surface area contributed by atoms with Crippen LogP contribution in [0, 0.1) is 6.92 Å². The standard InChI is InChI=1S/C21H22N2OS/c1-13-19(14-7-3-2-4-8-14)16-9-5-6-10-17(16)21(20(13)22)23-18-11-15(25)12-24-18/h2-10,15,18,23,25H,11-12,22H2,1H3. The van der Waals surface area contributed by atoms with Gasteiger partial charge in [0.15, 0.2) is 0 Å². The monoisotopic (exact) mass is 350 g/mol. The van der Waals surface area contributed by atoms with E-state index in [4.69, 9.17) is 10.5 Å². The third-order valence-electron chi connectivity index (χ3n) is 4.86. The highest BCUT2D eigenvalue weighted by molar-refractivity contribution is 7.81. The van der Waals surface area contributed by atoms with E-state index < -0.39 is 0 Å². The van der Waals surface area contributed by atoms with Crippen LogP contribution in [0.2, 0.25) is 0 Å². The van der Waals surface area contributed by atoms with Gasteiger partial charge in [-0.05, 0) is 29.0 Å². The third kappa shape index (κ3) is 2.96. The molecule has 0 amide bonds. The van der Waals surface area contributed by atoms with Crippen molar-refractivity contribution in [2.75, 3.05) is 17.7 Å². The van der Waals surface area contributed by atoms with Gasteiger partial charge >= 0.3 is 0 Å². The van der Waals surface area contributed by atoms with Gasteiger partial charge in [-0.2, -0.15) is 12.6 Å². The van der Waals surface area contributed by atoms with Crippen LogP contribution in [0.3, 0.4) is 0 Å². The molecule has 128 valence electrons. The molecule has 2 atom stereocenters. The average Bonchev–Trinajstić information content (AvgIpc) is 3.05. The molecule has 0 aromatic heterocycles. The second-order valence-electron chi connectivity index (χ2n) is 6.56. The number of anilines is 2. The Labute approximate surface area is 153 Å². The molecule has 2 unspecified atom stereocenters. The lowest BCUT2D eigenvalue weighted by Crippen LogP contribution is -2.19. The lowest BCUT2D eigenvalue weighted by atomic mass is 9.91. The van der Waals surface area contributed by atoms with Gasteiger partial charge in [0.2, 0.25) is 0 Å². The predicted molar refractivity (Wildman–Crippen MR) is 109 cm³/mol. The van der Waals surface area contributed by atoms with Crippen molar-refractivity contribution in [3.63, 3.8) is 0 Å². The molecule has 3 N–H and O–H groups in total. The zero-order valence-electron chi connectivity index (χ0n) is 14.2. The van der Waals surface area contributed by atoms with E-state index in [0.717, 1.165) is 28.7 Å². The minimum atomic E-state index is -0.0461. The number of benzene rings is 3. The zero-order chi connectivity index (χ0) is 17.4. The summed E-state index contributed by atoms with van der Waals surface area (Å²) in [7, 11) is 0. The Balaban J connectivity index is 1.90. The van der Waals surface area contributed by atoms with E-state index in [2.05, 4.69) is 67.3 Å². The summed E-state index contributed by atoms with van der Waals surface area (Å²) < 4.78 is 5.78. The molecule has 1 saturated heterocycles. The van der Waals surface area contributed by atoms with Crippen molar-refractivity contribution in [2.45, 2.75) is 24.8 Å². The number of nitrogens with two attached hydrogens (primary N) is 1. The first kappa shape index (κ1) is 16.3. The van der Waals surface area contributed by atoms with Crippen molar-refractivity contribution in [3.05, 3.63) is 60.2 Å². The third-order valence-corrected chi connectivity index (χ3v) is 5.22. The summed E-state index contributed by atoms with van der Waals surface area (Å²) in [6.07, 6.45) is 0.825. The van der Waals surface area contributed by atoms with E-state index in [0.29, 0.717) is 6.61 Å². The fraction of sp³-hybridized carbons (Fsp3) is 0.238. The minimum Gasteiger partial charge on any atom is -0.397 e. The van der Waals surface area contributed by atoms with Gasteiger partial charge in [-0.25, -0.2) is 0 Å². The van der Waals surface area contributed by atoms with E-state index in [1.165, 1.54) is 16.5 Å². The van der Waals surface area contributed by atoms with Crippen molar-refractivity contribution in [2.24, 2.45) is 0 Å². The van der Waals surface area contributed by atoms with Gasteiger partial charge in [-0.3, -0.25) is 0 Å². The fourth-order valence-corrected chi connectivity index (χ4v) is 3.87. The van der Waals surface area contributed by atoms with Gasteiger partial charge in [0, 0.05) is 17.1 Å². The second kappa shape index (κ2) is 6.62. The number of rotatable bonds is 3. The molecule has 1 aliphatic rings. The molecule has 0 spiro atoms. The Hall–Kier alpha value is -2.17. The highest BCUT2D eigenvalue weighted by Gasteiger charge is 2.25. The van der Waals surface area contributed by atoms with E-state index in [-0.39, 0.29) is 11.5 Å². The van der Waals surface area contributed by atoms with Gasteiger partial charge in [-0.15, -0.1) is 0 Å². The summed E-state index contributed by atoms with van der Waals surface area (Å²) in [6.45, 7) is 2.76. The first-order valence-corrected chi connectivity index (χ1v) is 9.09. The summed E-state index contributed by atoms with van der Waals surface area (Å²) in [6, 6.07) is 18.8. The highest BCUT2D eigenvalue weighted by atomic mass is 32.1. The van der Waals surface area contributed by atoms with Crippen LogP contribution in [0.5, 0.6) is 0 Å². The smallest absolute Gasteiger partial charge is 0.128 e. The molecular formula is C21H22N2OS. The Kier molecular flexibility index (Phi) is 4.32. The van der Waals surface area contributed by atoms with Crippen LogP contribution in [-0.2, 0) is 4.74 Å². The molecule has 0 radical (unpaired) electrons. The van der Waals surface area contributed by atoms with Crippen molar-refractivity contribution in [1.82, 2.24) is 0 Å². The van der Waals surface area contributed by atoms with Crippen LogP contribution in [0.25, 0.3) is 21.9 Å². The number of hydrogen-bond acceptors (Lipinski definition) is 4. The number of thiol groups is 1. The van der Waals surface area contributed by atoms with Crippen LogP contribution >= 0.6 is 12.6 Å². The molecule has 0 aliphatic carbocycles. The molecule has 1 fully saturated rings. The van der Waals surface area contributed by atoms with E-state index in [1.807, 2.05) is 12.1 Å². The molecule has 3 aromatic rings. The van der Waals surface area contributed by atoms with Gasteiger partial charge in [0.25, 0.3) is 0 Å². The lowest BCUT2D eigenvalue weighted by molar-refractivity contribution is 0.132. The van der Waals surface area contributed by atoms with Crippen molar-refractivity contribution < 1.29 is 4.74 Å². The molecule has 0 bridgehead atoms. The number of ether oxygens (including phenoxy) is 1. The first-order valence-electron chi connectivity index (χ1n) is 8.57. The molecule has 1 aliphatic heterocycles.